The van der Waals surface area contributed by atoms with Gasteiger partial charge in [0.05, 0.1) is 0 Å². The Kier molecular flexibility index (Phi) is 3.23. The van der Waals surface area contributed by atoms with E-state index in [2.05, 4.69) is 15.5 Å². The zero-order valence-electron chi connectivity index (χ0n) is 9.21. The molecule has 1 saturated heterocycles. The quantitative estimate of drug-likeness (QED) is 0.820. The number of nitrogens with zero attached hydrogens (tertiary/aromatic N) is 3. The Labute approximate surface area is 101 Å². The van der Waals surface area contributed by atoms with Crippen LogP contribution in [-0.4, -0.2) is 44.8 Å². The number of aromatic nitrogens is 2. The summed E-state index contributed by atoms with van der Waals surface area (Å²) in [7, 11) is 0. The SMILES string of the molecule is Cc1nnc(NC(=O)N2CCCC2C(=O)O)s1. The van der Waals surface area contributed by atoms with Crippen molar-refractivity contribution >= 4 is 28.5 Å². The number of carbonyl (C=O) groups is 2. The molecule has 1 fully saturated rings. The van der Waals surface area contributed by atoms with Crippen LogP contribution in [0.25, 0.3) is 0 Å². The van der Waals surface area contributed by atoms with E-state index in [1.807, 2.05) is 0 Å². The predicted octanol–water partition coefficient (Wildman–Crippen LogP) is 0.927. The maximum atomic E-state index is 11.8. The summed E-state index contributed by atoms with van der Waals surface area (Å²) < 4.78 is 0. The summed E-state index contributed by atoms with van der Waals surface area (Å²) in [6, 6.07) is -1.16. The van der Waals surface area contributed by atoms with Gasteiger partial charge < -0.3 is 10.0 Å². The minimum Gasteiger partial charge on any atom is -0.480 e. The van der Waals surface area contributed by atoms with E-state index >= 15 is 0 Å². The molecule has 0 bridgehead atoms. The molecule has 2 amide bonds. The lowest BCUT2D eigenvalue weighted by Crippen LogP contribution is -2.42. The molecule has 1 unspecified atom stereocenters. The first kappa shape index (κ1) is 11.8. The highest BCUT2D eigenvalue weighted by molar-refractivity contribution is 7.15. The first-order valence-electron chi connectivity index (χ1n) is 5.18. The molecule has 7 nitrogen and oxygen atoms in total. The van der Waals surface area contributed by atoms with Gasteiger partial charge >= 0.3 is 12.0 Å². The van der Waals surface area contributed by atoms with Gasteiger partial charge in [-0.15, -0.1) is 10.2 Å². The highest BCUT2D eigenvalue weighted by Gasteiger charge is 2.34. The van der Waals surface area contributed by atoms with Gasteiger partial charge in [-0.1, -0.05) is 11.3 Å². The Hall–Kier alpha value is -1.70. The summed E-state index contributed by atoms with van der Waals surface area (Å²) in [5, 5.41) is 20.2. The number of likely N-dealkylation sites (tertiary alicyclic amines) is 1. The normalized spacial score (nSPS) is 19.4. The van der Waals surface area contributed by atoms with Crippen molar-refractivity contribution in [3.63, 3.8) is 0 Å². The largest absolute Gasteiger partial charge is 0.480 e. The topological polar surface area (TPSA) is 95.4 Å². The zero-order valence-corrected chi connectivity index (χ0v) is 10.0. The van der Waals surface area contributed by atoms with Crippen molar-refractivity contribution in [1.29, 1.82) is 0 Å². The third-order valence-electron chi connectivity index (χ3n) is 2.54. The van der Waals surface area contributed by atoms with Crippen molar-refractivity contribution in [2.24, 2.45) is 0 Å². The van der Waals surface area contributed by atoms with Crippen LogP contribution in [0.1, 0.15) is 17.8 Å². The molecular weight excluding hydrogens is 244 g/mol. The second-order valence-corrected chi connectivity index (χ2v) is 4.93. The number of aliphatic carboxylic acids is 1. The Morgan fingerprint density at radius 1 is 1.53 bits per heavy atom. The Morgan fingerprint density at radius 3 is 2.88 bits per heavy atom. The van der Waals surface area contributed by atoms with E-state index in [0.29, 0.717) is 24.5 Å². The van der Waals surface area contributed by atoms with Crippen molar-refractivity contribution in [3.05, 3.63) is 5.01 Å². The highest BCUT2D eigenvalue weighted by Crippen LogP contribution is 2.20. The second kappa shape index (κ2) is 4.66. The standard InChI is InChI=1S/C9H12N4O3S/c1-5-11-12-8(17-5)10-9(16)13-4-2-3-6(13)7(14)15/h6H,2-4H2,1H3,(H,14,15)(H,10,12,16). The van der Waals surface area contributed by atoms with E-state index in [1.54, 1.807) is 6.92 Å². The monoisotopic (exact) mass is 256 g/mol. The molecule has 17 heavy (non-hydrogen) atoms. The molecular formula is C9H12N4O3S. The fourth-order valence-corrected chi connectivity index (χ4v) is 2.36. The first-order chi connectivity index (χ1) is 8.08. The number of carbonyl (C=O) groups excluding carboxylic acids is 1. The van der Waals surface area contributed by atoms with Crippen LogP contribution in [0, 0.1) is 6.92 Å². The summed E-state index contributed by atoms with van der Waals surface area (Å²) in [6.07, 6.45) is 1.21. The molecule has 0 radical (unpaired) electrons. The molecule has 1 aliphatic rings. The predicted molar refractivity (Wildman–Crippen MR) is 61.0 cm³/mol. The molecule has 1 aromatic heterocycles. The van der Waals surface area contributed by atoms with Crippen LogP contribution in [0.3, 0.4) is 0 Å². The minimum absolute atomic E-state index is 0.392. The number of hydrogen-bond acceptors (Lipinski definition) is 5. The van der Waals surface area contributed by atoms with Crippen molar-refractivity contribution < 1.29 is 14.7 Å². The van der Waals surface area contributed by atoms with Crippen LogP contribution in [0.2, 0.25) is 0 Å². The van der Waals surface area contributed by atoms with Crippen LogP contribution >= 0.6 is 11.3 Å². The lowest BCUT2D eigenvalue weighted by molar-refractivity contribution is -0.141. The van der Waals surface area contributed by atoms with E-state index in [9.17, 15) is 9.59 Å². The van der Waals surface area contributed by atoms with Gasteiger partial charge in [-0.2, -0.15) is 0 Å². The van der Waals surface area contributed by atoms with Crippen molar-refractivity contribution in [2.45, 2.75) is 25.8 Å². The fraction of sp³-hybridized carbons (Fsp3) is 0.556. The van der Waals surface area contributed by atoms with Crippen molar-refractivity contribution in [3.8, 4) is 0 Å². The number of aryl methyl sites for hydroxylation is 1. The van der Waals surface area contributed by atoms with Crippen molar-refractivity contribution in [1.82, 2.24) is 15.1 Å². The summed E-state index contributed by atoms with van der Waals surface area (Å²) in [6.45, 7) is 2.24. The molecule has 0 saturated carbocycles. The van der Waals surface area contributed by atoms with Crippen LogP contribution < -0.4 is 5.32 Å². The molecule has 1 atom stereocenters. The van der Waals surface area contributed by atoms with E-state index in [0.717, 1.165) is 5.01 Å². The van der Waals surface area contributed by atoms with E-state index in [-0.39, 0.29) is 0 Å². The average molecular weight is 256 g/mol. The van der Waals surface area contributed by atoms with Gasteiger partial charge in [0.25, 0.3) is 0 Å². The summed E-state index contributed by atoms with van der Waals surface area (Å²) in [5.41, 5.74) is 0. The Morgan fingerprint density at radius 2 is 2.29 bits per heavy atom. The fourth-order valence-electron chi connectivity index (χ4n) is 1.78. The van der Waals surface area contributed by atoms with Gasteiger partial charge in [0, 0.05) is 6.54 Å². The Balaban J connectivity index is 2.02. The highest BCUT2D eigenvalue weighted by atomic mass is 32.1. The molecule has 92 valence electrons. The van der Waals surface area contributed by atoms with E-state index in [4.69, 9.17) is 5.11 Å². The Bertz CT molecular complexity index is 447. The number of carboxylic acid groups (broad SMARTS) is 1. The molecule has 0 aliphatic carbocycles. The lowest BCUT2D eigenvalue weighted by Gasteiger charge is -2.20. The van der Waals surface area contributed by atoms with Gasteiger partial charge in [0.1, 0.15) is 11.0 Å². The molecule has 1 aromatic rings. The molecule has 2 rings (SSSR count). The number of anilines is 1. The minimum atomic E-state index is -0.967. The summed E-state index contributed by atoms with van der Waals surface area (Å²) in [5.74, 6) is -0.967. The molecule has 2 heterocycles. The van der Waals surface area contributed by atoms with Crippen LogP contribution in [0.15, 0.2) is 0 Å². The van der Waals surface area contributed by atoms with E-state index in [1.165, 1.54) is 16.2 Å². The smallest absolute Gasteiger partial charge is 0.326 e. The number of urea groups is 1. The molecule has 8 heteroatoms. The van der Waals surface area contributed by atoms with Crippen LogP contribution in [0.4, 0.5) is 9.93 Å². The number of carboxylic acids is 1. The maximum Gasteiger partial charge on any atom is 0.326 e. The third-order valence-corrected chi connectivity index (χ3v) is 3.29. The second-order valence-electron chi connectivity index (χ2n) is 3.75. The zero-order chi connectivity index (χ0) is 12.4. The number of hydrogen-bond donors (Lipinski definition) is 2. The molecule has 0 aromatic carbocycles. The van der Waals surface area contributed by atoms with Gasteiger partial charge in [0.15, 0.2) is 0 Å². The van der Waals surface area contributed by atoms with Crippen molar-refractivity contribution in [2.75, 3.05) is 11.9 Å². The van der Waals surface area contributed by atoms with Gasteiger partial charge in [-0.05, 0) is 19.8 Å². The summed E-state index contributed by atoms with van der Waals surface area (Å²) >= 11 is 1.26. The average Bonchev–Trinajstić information content (AvgIpc) is 2.86. The number of nitrogens with one attached hydrogen (secondary N) is 1. The van der Waals surface area contributed by atoms with Gasteiger partial charge in [-0.25, -0.2) is 9.59 Å². The number of rotatable bonds is 2. The molecule has 2 N–H and O–H groups in total. The van der Waals surface area contributed by atoms with Gasteiger partial charge in [0.2, 0.25) is 5.13 Å². The van der Waals surface area contributed by atoms with E-state index < -0.39 is 18.0 Å². The third kappa shape index (κ3) is 2.52. The number of amides is 2. The lowest BCUT2D eigenvalue weighted by atomic mass is 10.2. The molecule has 1 aliphatic heterocycles. The molecule has 0 spiro atoms. The maximum absolute atomic E-state index is 11.8. The van der Waals surface area contributed by atoms with Crippen LogP contribution in [0.5, 0.6) is 0 Å². The summed E-state index contributed by atoms with van der Waals surface area (Å²) in [4.78, 5) is 24.1. The van der Waals surface area contributed by atoms with Crippen LogP contribution in [-0.2, 0) is 4.79 Å². The van der Waals surface area contributed by atoms with Gasteiger partial charge in [-0.3, -0.25) is 5.32 Å². The first-order valence-corrected chi connectivity index (χ1v) is 6.00.